The number of methoxy groups -OCH3 is 2. The van der Waals surface area contributed by atoms with Crippen LogP contribution < -0.4 is 9.47 Å². The van der Waals surface area contributed by atoms with Gasteiger partial charge in [0.25, 0.3) is 0 Å². The van der Waals surface area contributed by atoms with Crippen molar-refractivity contribution < 1.29 is 36.9 Å². The van der Waals surface area contributed by atoms with Crippen molar-refractivity contribution in [1.82, 2.24) is 14.8 Å². The number of esters is 1. The fourth-order valence-corrected chi connectivity index (χ4v) is 4.33. The second-order valence-electron chi connectivity index (χ2n) is 7.48. The van der Waals surface area contributed by atoms with E-state index in [1.54, 1.807) is 25.1 Å². The van der Waals surface area contributed by atoms with E-state index in [0.717, 1.165) is 4.57 Å². The lowest BCUT2D eigenvalue weighted by Crippen LogP contribution is -2.18. The first-order valence-corrected chi connectivity index (χ1v) is 10.9. The molecule has 0 bridgehead atoms. The maximum Gasteiger partial charge on any atom is 0.452 e. The summed E-state index contributed by atoms with van der Waals surface area (Å²) < 4.78 is 65.0. The molecule has 12 heteroatoms. The van der Waals surface area contributed by atoms with Crippen LogP contribution in [0, 0.1) is 0 Å². The molecule has 186 valence electrons. The maximum absolute atomic E-state index is 14.0. The van der Waals surface area contributed by atoms with E-state index in [4.69, 9.17) is 30.5 Å². The van der Waals surface area contributed by atoms with Crippen LogP contribution in [-0.4, -0.2) is 41.6 Å². The minimum atomic E-state index is -4.84. The van der Waals surface area contributed by atoms with Gasteiger partial charge in [0.1, 0.15) is 12.2 Å². The van der Waals surface area contributed by atoms with Gasteiger partial charge in [0.2, 0.25) is 5.82 Å². The number of fused-ring (bicyclic) bond motifs is 3. The Hall–Kier alpha value is -3.31. The zero-order valence-corrected chi connectivity index (χ0v) is 19.7. The Balaban J connectivity index is 2.01. The number of rotatable bonds is 6. The molecule has 0 aliphatic carbocycles. The minimum absolute atomic E-state index is 0.0612. The van der Waals surface area contributed by atoms with Crippen LogP contribution in [0.3, 0.4) is 0 Å². The molecule has 0 spiro atoms. The third-order valence-electron chi connectivity index (χ3n) is 5.44. The average Bonchev–Trinajstić information content (AvgIpc) is 3.22. The predicted molar refractivity (Wildman–Crippen MR) is 118 cm³/mol. The number of ether oxygens (including phenoxy) is 4. The van der Waals surface area contributed by atoms with Crippen molar-refractivity contribution in [3.63, 3.8) is 0 Å². The first kappa shape index (κ1) is 24.8. The van der Waals surface area contributed by atoms with Gasteiger partial charge >= 0.3 is 12.1 Å². The molecule has 2 heterocycles. The molecule has 1 aromatic heterocycles. The summed E-state index contributed by atoms with van der Waals surface area (Å²) in [5, 5.41) is 7.28. The Morgan fingerprint density at radius 3 is 2.54 bits per heavy atom. The molecule has 0 saturated heterocycles. The van der Waals surface area contributed by atoms with Crippen LogP contribution in [-0.2, 0) is 20.4 Å². The number of alkyl halides is 3. The van der Waals surface area contributed by atoms with Gasteiger partial charge < -0.3 is 18.9 Å². The molecule has 4 rings (SSSR count). The highest BCUT2D eigenvalue weighted by atomic mass is 35.5. The summed E-state index contributed by atoms with van der Waals surface area (Å²) in [6.45, 7) is 1.71. The number of para-hydroxylation sites is 1. The molecule has 35 heavy (non-hydrogen) atoms. The fraction of sp³-hybridized carbons (Fsp3) is 0.348. The molecule has 0 unspecified atom stereocenters. The zero-order valence-electron chi connectivity index (χ0n) is 18.9. The molecule has 0 fully saturated rings. The van der Waals surface area contributed by atoms with Crippen LogP contribution in [0.25, 0.3) is 5.69 Å². The van der Waals surface area contributed by atoms with E-state index in [1.165, 1.54) is 32.4 Å². The summed E-state index contributed by atoms with van der Waals surface area (Å²) in [6.07, 6.45) is -7.54. The number of carbonyl (C=O) groups excluding carboxylic acids is 1. The van der Waals surface area contributed by atoms with Crippen molar-refractivity contribution in [2.75, 3.05) is 20.8 Å². The molecule has 2 atom stereocenters. The van der Waals surface area contributed by atoms with Crippen LogP contribution >= 0.6 is 11.6 Å². The molecule has 0 radical (unpaired) electrons. The van der Waals surface area contributed by atoms with Crippen LogP contribution in [0.15, 0.2) is 36.4 Å². The van der Waals surface area contributed by atoms with E-state index in [9.17, 15) is 18.0 Å². The van der Waals surface area contributed by atoms with Gasteiger partial charge in [-0.15, -0.1) is 10.2 Å². The lowest BCUT2D eigenvalue weighted by Gasteiger charge is -2.25. The van der Waals surface area contributed by atoms with Gasteiger partial charge in [-0.1, -0.05) is 29.8 Å². The Morgan fingerprint density at radius 1 is 1.14 bits per heavy atom. The topological polar surface area (TPSA) is 84.7 Å². The fourth-order valence-electron chi connectivity index (χ4n) is 4.06. The van der Waals surface area contributed by atoms with Gasteiger partial charge in [0.05, 0.1) is 32.9 Å². The Kier molecular flexibility index (Phi) is 6.91. The van der Waals surface area contributed by atoms with Crippen LogP contribution in [0.5, 0.6) is 11.5 Å². The molecule has 0 saturated carbocycles. The van der Waals surface area contributed by atoms with Crippen molar-refractivity contribution in [3.05, 3.63) is 64.2 Å². The van der Waals surface area contributed by atoms with Crippen LogP contribution in [0.2, 0.25) is 5.02 Å². The number of benzene rings is 2. The molecule has 2 aromatic carbocycles. The summed E-state index contributed by atoms with van der Waals surface area (Å²) >= 11 is 6.55. The van der Waals surface area contributed by atoms with Crippen molar-refractivity contribution in [3.8, 4) is 17.2 Å². The van der Waals surface area contributed by atoms with Crippen molar-refractivity contribution in [2.45, 2.75) is 31.7 Å². The lowest BCUT2D eigenvalue weighted by molar-refractivity contribution is -0.147. The summed E-state index contributed by atoms with van der Waals surface area (Å²) in [4.78, 5) is 12.4. The Labute approximate surface area is 203 Å². The highest BCUT2D eigenvalue weighted by molar-refractivity contribution is 6.31. The number of hydrogen-bond acceptors (Lipinski definition) is 7. The van der Waals surface area contributed by atoms with E-state index in [0.29, 0.717) is 17.1 Å². The SMILES string of the molecule is CCOC(=O)C[C@H]1O[C@H](c2cccc(OC)c2OC)c2c(Cl)cccc2-n2c1nnc2C(F)(F)F. The van der Waals surface area contributed by atoms with Gasteiger partial charge in [0, 0.05) is 16.1 Å². The van der Waals surface area contributed by atoms with Gasteiger partial charge in [0.15, 0.2) is 17.3 Å². The molecular formula is C23H21ClF3N3O5. The van der Waals surface area contributed by atoms with E-state index in [-0.39, 0.29) is 28.7 Å². The quantitative estimate of drug-likeness (QED) is 0.427. The lowest BCUT2D eigenvalue weighted by atomic mass is 9.98. The summed E-state index contributed by atoms with van der Waals surface area (Å²) in [5.74, 6) is -1.47. The largest absolute Gasteiger partial charge is 0.493 e. The highest BCUT2D eigenvalue weighted by Gasteiger charge is 2.44. The second kappa shape index (κ2) is 9.74. The standard InChI is InChI=1S/C23H21ClF3N3O5/c1-4-34-17(31)11-16-21-28-29-22(23(25,26)27)30(21)14-9-6-8-13(24)18(14)20(35-16)12-7-5-10-15(32-2)19(12)33-3/h5-10,16,20H,4,11H2,1-3H3/t16-,20-/m1/s1. The molecule has 8 nitrogen and oxygen atoms in total. The number of nitrogens with zero attached hydrogens (tertiary/aromatic N) is 3. The van der Waals surface area contributed by atoms with Crippen molar-refractivity contribution >= 4 is 17.6 Å². The first-order chi connectivity index (χ1) is 16.7. The third-order valence-corrected chi connectivity index (χ3v) is 5.77. The average molecular weight is 512 g/mol. The highest BCUT2D eigenvalue weighted by Crippen LogP contribution is 2.48. The van der Waals surface area contributed by atoms with E-state index < -0.39 is 36.6 Å². The number of aromatic nitrogens is 3. The molecule has 0 amide bonds. The summed E-state index contributed by atoms with van der Waals surface area (Å²) in [6, 6.07) is 9.53. The Morgan fingerprint density at radius 2 is 1.89 bits per heavy atom. The van der Waals surface area contributed by atoms with Gasteiger partial charge in [-0.2, -0.15) is 13.2 Å². The monoisotopic (exact) mass is 511 g/mol. The van der Waals surface area contributed by atoms with Gasteiger partial charge in [-0.3, -0.25) is 9.36 Å². The Bertz CT molecular complexity index is 1250. The maximum atomic E-state index is 14.0. The smallest absolute Gasteiger partial charge is 0.452 e. The molecular weight excluding hydrogens is 491 g/mol. The predicted octanol–water partition coefficient (Wildman–Crippen LogP) is 5.07. The van der Waals surface area contributed by atoms with Crippen LogP contribution in [0.4, 0.5) is 13.2 Å². The molecule has 3 aromatic rings. The zero-order chi connectivity index (χ0) is 25.3. The van der Waals surface area contributed by atoms with Gasteiger partial charge in [-0.25, -0.2) is 0 Å². The molecule has 1 aliphatic heterocycles. The van der Waals surface area contributed by atoms with E-state index in [1.807, 2.05) is 0 Å². The second-order valence-corrected chi connectivity index (χ2v) is 7.89. The number of hydrogen-bond donors (Lipinski definition) is 0. The summed E-state index contributed by atoms with van der Waals surface area (Å²) in [5.41, 5.74) is 0.715. The molecule has 0 N–H and O–H groups in total. The van der Waals surface area contributed by atoms with Gasteiger partial charge in [-0.05, 0) is 25.1 Å². The number of halogens is 4. The van der Waals surface area contributed by atoms with Crippen LogP contribution in [0.1, 0.15) is 48.3 Å². The first-order valence-electron chi connectivity index (χ1n) is 10.5. The number of carbonyl (C=O) groups is 1. The molecule has 1 aliphatic rings. The normalized spacial score (nSPS) is 17.2. The minimum Gasteiger partial charge on any atom is -0.493 e. The van der Waals surface area contributed by atoms with E-state index in [2.05, 4.69) is 10.2 Å². The summed E-state index contributed by atoms with van der Waals surface area (Å²) in [7, 11) is 2.88. The third kappa shape index (κ3) is 4.53. The van der Waals surface area contributed by atoms with E-state index >= 15 is 0 Å². The van der Waals surface area contributed by atoms with Crippen molar-refractivity contribution in [1.29, 1.82) is 0 Å². The van der Waals surface area contributed by atoms with Crippen molar-refractivity contribution in [2.24, 2.45) is 0 Å².